The summed E-state index contributed by atoms with van der Waals surface area (Å²) in [6.45, 7) is 6.44. The van der Waals surface area contributed by atoms with Crippen LogP contribution in [0.15, 0.2) is 48.5 Å². The molecule has 1 heterocycles. The highest BCUT2D eigenvalue weighted by molar-refractivity contribution is 7.88. The van der Waals surface area contributed by atoms with Crippen LogP contribution in [0.25, 0.3) is 0 Å². The number of sulfonamides is 1. The zero-order valence-corrected chi connectivity index (χ0v) is 17.1. The lowest BCUT2D eigenvalue weighted by molar-refractivity contribution is 0.255. The number of nitrogens with zero attached hydrogens (tertiary/aromatic N) is 2. The maximum Gasteiger partial charge on any atom is 0.215 e. The van der Waals surface area contributed by atoms with Gasteiger partial charge in [0.05, 0.1) is 11.4 Å². The molecule has 7 heteroatoms. The van der Waals surface area contributed by atoms with E-state index in [1.807, 2.05) is 43.3 Å². The minimum Gasteiger partial charge on any atom is -0.367 e. The van der Waals surface area contributed by atoms with Crippen LogP contribution in [0, 0.1) is 12.7 Å². The predicted molar refractivity (Wildman–Crippen MR) is 111 cm³/mol. The summed E-state index contributed by atoms with van der Waals surface area (Å²) in [7, 11) is -3.33. The van der Waals surface area contributed by atoms with E-state index in [9.17, 15) is 12.8 Å². The normalized spacial score (nSPS) is 15.7. The van der Waals surface area contributed by atoms with Gasteiger partial charge in [-0.25, -0.2) is 17.5 Å². The SMILES string of the molecule is Cc1ccccc1CS(=O)(=O)NCCCN1CCN(c2ccccc2F)CC1. The Balaban J connectivity index is 1.38. The van der Waals surface area contributed by atoms with Crippen LogP contribution in [0.3, 0.4) is 0 Å². The van der Waals surface area contributed by atoms with Crippen molar-refractivity contribution < 1.29 is 12.8 Å². The highest BCUT2D eigenvalue weighted by atomic mass is 32.2. The molecule has 1 saturated heterocycles. The monoisotopic (exact) mass is 405 g/mol. The van der Waals surface area contributed by atoms with Gasteiger partial charge in [-0.05, 0) is 43.1 Å². The maximum atomic E-state index is 13.9. The number of hydrogen-bond donors (Lipinski definition) is 1. The third-order valence-corrected chi connectivity index (χ3v) is 6.48. The molecule has 1 fully saturated rings. The van der Waals surface area contributed by atoms with Crippen LogP contribution in [0.2, 0.25) is 0 Å². The first-order valence-electron chi connectivity index (χ1n) is 9.68. The second-order valence-electron chi connectivity index (χ2n) is 7.21. The van der Waals surface area contributed by atoms with Crippen molar-refractivity contribution in [3.63, 3.8) is 0 Å². The molecular weight excluding hydrogens is 377 g/mol. The molecule has 1 aliphatic heterocycles. The molecule has 2 aromatic carbocycles. The highest BCUT2D eigenvalue weighted by Crippen LogP contribution is 2.20. The number of piperazine rings is 1. The number of para-hydroxylation sites is 1. The van der Waals surface area contributed by atoms with E-state index in [4.69, 9.17) is 0 Å². The van der Waals surface area contributed by atoms with Crippen molar-refractivity contribution in [2.45, 2.75) is 19.1 Å². The molecule has 0 aromatic heterocycles. The van der Waals surface area contributed by atoms with Gasteiger partial charge in [0.15, 0.2) is 0 Å². The van der Waals surface area contributed by atoms with Crippen LogP contribution in [0.1, 0.15) is 17.5 Å². The standard InChI is InChI=1S/C21H28FN3O2S/c1-18-7-2-3-8-19(18)17-28(26,27)23-11-6-12-24-13-15-25(16-14-24)21-10-5-4-9-20(21)22/h2-5,7-10,23H,6,11-17H2,1H3. The van der Waals surface area contributed by atoms with Crippen molar-refractivity contribution in [3.05, 3.63) is 65.5 Å². The Morgan fingerprint density at radius 1 is 1.00 bits per heavy atom. The molecule has 0 unspecified atom stereocenters. The Morgan fingerprint density at radius 3 is 2.39 bits per heavy atom. The van der Waals surface area contributed by atoms with Crippen molar-refractivity contribution in [2.24, 2.45) is 0 Å². The number of benzene rings is 2. The van der Waals surface area contributed by atoms with Crippen molar-refractivity contribution in [2.75, 3.05) is 44.2 Å². The molecule has 0 atom stereocenters. The van der Waals surface area contributed by atoms with Crippen LogP contribution in [0.4, 0.5) is 10.1 Å². The molecule has 0 saturated carbocycles. The summed E-state index contributed by atoms with van der Waals surface area (Å²) in [6.07, 6.45) is 0.757. The van der Waals surface area contributed by atoms with Gasteiger partial charge in [-0.2, -0.15) is 0 Å². The Hall–Kier alpha value is -1.96. The Labute approximate surface area is 167 Å². The lowest BCUT2D eigenvalue weighted by Gasteiger charge is -2.36. The molecule has 0 spiro atoms. The summed E-state index contributed by atoms with van der Waals surface area (Å²) in [5.41, 5.74) is 2.48. The van der Waals surface area contributed by atoms with Crippen LogP contribution in [0.5, 0.6) is 0 Å². The first kappa shape index (κ1) is 20.8. The van der Waals surface area contributed by atoms with Gasteiger partial charge >= 0.3 is 0 Å². The smallest absolute Gasteiger partial charge is 0.215 e. The fraction of sp³-hybridized carbons (Fsp3) is 0.429. The molecule has 0 radical (unpaired) electrons. The van der Waals surface area contributed by atoms with Gasteiger partial charge in [-0.15, -0.1) is 0 Å². The number of nitrogens with one attached hydrogen (secondary N) is 1. The third kappa shape index (κ3) is 5.77. The summed E-state index contributed by atoms with van der Waals surface area (Å²) in [6, 6.07) is 14.4. The second kappa shape index (κ2) is 9.49. The second-order valence-corrected chi connectivity index (χ2v) is 9.02. The molecule has 1 aliphatic rings. The van der Waals surface area contributed by atoms with Gasteiger partial charge in [0, 0.05) is 32.7 Å². The van der Waals surface area contributed by atoms with E-state index in [1.165, 1.54) is 6.07 Å². The average molecular weight is 406 g/mol. The molecule has 1 N–H and O–H groups in total. The van der Waals surface area contributed by atoms with E-state index in [-0.39, 0.29) is 11.6 Å². The molecule has 5 nitrogen and oxygen atoms in total. The minimum absolute atomic E-state index is 0.0149. The van der Waals surface area contributed by atoms with Crippen molar-refractivity contribution in [1.82, 2.24) is 9.62 Å². The fourth-order valence-electron chi connectivity index (χ4n) is 3.48. The lowest BCUT2D eigenvalue weighted by atomic mass is 10.1. The maximum absolute atomic E-state index is 13.9. The number of anilines is 1. The first-order chi connectivity index (χ1) is 13.4. The van der Waals surface area contributed by atoms with Gasteiger partial charge in [0.1, 0.15) is 5.82 Å². The first-order valence-corrected chi connectivity index (χ1v) is 11.3. The van der Waals surface area contributed by atoms with E-state index in [2.05, 4.69) is 14.5 Å². The minimum atomic E-state index is -3.33. The topological polar surface area (TPSA) is 52.7 Å². The van der Waals surface area contributed by atoms with Crippen molar-refractivity contribution in [1.29, 1.82) is 0 Å². The van der Waals surface area contributed by atoms with E-state index in [0.29, 0.717) is 12.2 Å². The molecule has 0 bridgehead atoms. The highest BCUT2D eigenvalue weighted by Gasteiger charge is 2.19. The van der Waals surface area contributed by atoms with Gasteiger partial charge in [0.25, 0.3) is 0 Å². The van der Waals surface area contributed by atoms with Crippen molar-refractivity contribution >= 4 is 15.7 Å². The van der Waals surface area contributed by atoms with E-state index < -0.39 is 10.0 Å². The Kier molecular flexibility index (Phi) is 7.04. The quantitative estimate of drug-likeness (QED) is 0.686. The molecule has 0 amide bonds. The molecule has 3 rings (SSSR count). The third-order valence-electron chi connectivity index (χ3n) is 5.15. The number of rotatable bonds is 8. The fourth-order valence-corrected chi connectivity index (χ4v) is 4.77. The van der Waals surface area contributed by atoms with Gasteiger partial charge in [-0.1, -0.05) is 36.4 Å². The van der Waals surface area contributed by atoms with Gasteiger partial charge < -0.3 is 4.90 Å². The Morgan fingerprint density at radius 2 is 1.68 bits per heavy atom. The van der Waals surface area contributed by atoms with Crippen molar-refractivity contribution in [3.8, 4) is 0 Å². The summed E-state index contributed by atoms with van der Waals surface area (Å²) >= 11 is 0. The zero-order chi connectivity index (χ0) is 20.0. The Bertz CT molecular complexity index is 881. The summed E-state index contributed by atoms with van der Waals surface area (Å²) in [5.74, 6) is -0.167. The summed E-state index contributed by atoms with van der Waals surface area (Å²) in [5, 5.41) is 0. The number of halogens is 1. The number of aryl methyl sites for hydroxylation is 1. The molecular formula is C21H28FN3O2S. The van der Waals surface area contributed by atoms with Crippen LogP contribution >= 0.6 is 0 Å². The van der Waals surface area contributed by atoms with Crippen LogP contribution < -0.4 is 9.62 Å². The van der Waals surface area contributed by atoms with Crippen LogP contribution in [-0.2, 0) is 15.8 Å². The van der Waals surface area contributed by atoms with Gasteiger partial charge in [0.2, 0.25) is 10.0 Å². The zero-order valence-electron chi connectivity index (χ0n) is 16.3. The van der Waals surface area contributed by atoms with Crippen LogP contribution in [-0.4, -0.2) is 52.6 Å². The molecule has 28 heavy (non-hydrogen) atoms. The lowest BCUT2D eigenvalue weighted by Crippen LogP contribution is -2.47. The van der Waals surface area contributed by atoms with Gasteiger partial charge in [-0.3, -0.25) is 4.90 Å². The average Bonchev–Trinajstić information content (AvgIpc) is 2.68. The summed E-state index contributed by atoms with van der Waals surface area (Å²) in [4.78, 5) is 4.36. The number of hydrogen-bond acceptors (Lipinski definition) is 4. The van der Waals surface area contributed by atoms with E-state index in [0.717, 1.165) is 50.3 Å². The summed E-state index contributed by atoms with van der Waals surface area (Å²) < 4.78 is 41.1. The van der Waals surface area contributed by atoms with E-state index in [1.54, 1.807) is 6.07 Å². The predicted octanol–water partition coefficient (Wildman–Crippen LogP) is 2.77. The molecule has 2 aromatic rings. The molecule has 0 aliphatic carbocycles. The largest absolute Gasteiger partial charge is 0.367 e. The van der Waals surface area contributed by atoms with E-state index >= 15 is 0 Å². The molecule has 152 valence electrons.